The molecule has 2 rings (SSSR count). The molecule has 1 heterocycles. The maximum Gasteiger partial charge on any atom is 0.112 e. The number of rotatable bonds is 7. The van der Waals surface area contributed by atoms with Crippen molar-refractivity contribution in [2.45, 2.75) is 51.9 Å². The van der Waals surface area contributed by atoms with Crippen LogP contribution in [0.5, 0.6) is 0 Å². The topological polar surface area (TPSA) is 47.3 Å². The van der Waals surface area contributed by atoms with Crippen molar-refractivity contribution in [1.29, 1.82) is 0 Å². The van der Waals surface area contributed by atoms with E-state index in [-0.39, 0.29) is 12.2 Å². The van der Waals surface area contributed by atoms with E-state index in [2.05, 4.69) is 22.5 Å². The zero-order valence-electron chi connectivity index (χ0n) is 12.5. The van der Waals surface area contributed by atoms with Crippen LogP contribution in [0.3, 0.4) is 0 Å². The van der Waals surface area contributed by atoms with Crippen LogP contribution in [0, 0.1) is 0 Å². The van der Waals surface area contributed by atoms with E-state index in [9.17, 15) is 5.11 Å². The van der Waals surface area contributed by atoms with Crippen molar-refractivity contribution in [3.8, 4) is 0 Å². The number of fused-ring (bicyclic) bond motifs is 1. The van der Waals surface area contributed by atoms with Gasteiger partial charge in [-0.15, -0.1) is 0 Å². The molecular weight excluding hydrogens is 252 g/mol. The maximum atomic E-state index is 10.2. The first-order chi connectivity index (χ1) is 9.65. The number of aryl methyl sites for hydroxylation is 1. The van der Waals surface area contributed by atoms with Gasteiger partial charge in [0.1, 0.15) is 5.82 Å². The number of nitrogens with zero attached hydrogens (tertiary/aromatic N) is 2. The van der Waals surface area contributed by atoms with Crippen LogP contribution in [0.15, 0.2) is 24.3 Å². The Balaban J connectivity index is 2.09. The zero-order valence-corrected chi connectivity index (χ0v) is 12.5. The number of aliphatic hydroxyl groups is 1. The van der Waals surface area contributed by atoms with Crippen molar-refractivity contribution in [3.05, 3.63) is 30.1 Å². The molecule has 2 atom stereocenters. The lowest BCUT2D eigenvalue weighted by atomic mass is 10.1. The monoisotopic (exact) mass is 276 g/mol. The molecule has 0 aliphatic heterocycles. The second-order valence-electron chi connectivity index (χ2n) is 5.24. The molecule has 0 radical (unpaired) electrons. The van der Waals surface area contributed by atoms with E-state index < -0.39 is 0 Å². The summed E-state index contributed by atoms with van der Waals surface area (Å²) in [5.41, 5.74) is 2.14. The number of hydrogen-bond donors (Lipinski definition) is 1. The van der Waals surface area contributed by atoms with Crippen molar-refractivity contribution in [2.75, 3.05) is 7.11 Å². The van der Waals surface area contributed by atoms with Crippen molar-refractivity contribution >= 4 is 11.0 Å². The van der Waals surface area contributed by atoms with Gasteiger partial charge in [0.2, 0.25) is 0 Å². The highest BCUT2D eigenvalue weighted by molar-refractivity contribution is 5.75. The van der Waals surface area contributed by atoms with Crippen LogP contribution in [0.25, 0.3) is 11.0 Å². The van der Waals surface area contributed by atoms with E-state index in [4.69, 9.17) is 4.74 Å². The summed E-state index contributed by atoms with van der Waals surface area (Å²) < 4.78 is 7.39. The van der Waals surface area contributed by atoms with Crippen LogP contribution < -0.4 is 0 Å². The average Bonchev–Trinajstić information content (AvgIpc) is 2.81. The third-order valence-electron chi connectivity index (χ3n) is 3.78. The smallest absolute Gasteiger partial charge is 0.112 e. The van der Waals surface area contributed by atoms with Gasteiger partial charge in [0.05, 0.1) is 23.2 Å². The molecule has 0 saturated carbocycles. The van der Waals surface area contributed by atoms with Crippen LogP contribution in [0.2, 0.25) is 0 Å². The van der Waals surface area contributed by atoms with Crippen molar-refractivity contribution < 1.29 is 9.84 Å². The number of para-hydroxylation sites is 2. The van der Waals surface area contributed by atoms with Gasteiger partial charge < -0.3 is 14.4 Å². The highest BCUT2D eigenvalue weighted by Crippen LogP contribution is 2.18. The minimum absolute atomic E-state index is 0.189. The van der Waals surface area contributed by atoms with Crippen molar-refractivity contribution in [1.82, 2.24) is 9.55 Å². The summed E-state index contributed by atoms with van der Waals surface area (Å²) in [5.74, 6) is 0.964. The molecule has 0 aliphatic rings. The summed E-state index contributed by atoms with van der Waals surface area (Å²) in [7, 11) is 1.70. The first kappa shape index (κ1) is 15.0. The number of hydrogen-bond acceptors (Lipinski definition) is 3. The van der Waals surface area contributed by atoms with Crippen molar-refractivity contribution in [2.24, 2.45) is 0 Å². The number of aromatic nitrogens is 2. The van der Waals surface area contributed by atoms with E-state index in [1.54, 1.807) is 7.11 Å². The summed E-state index contributed by atoms with van der Waals surface area (Å²) in [5, 5.41) is 10.2. The maximum absolute atomic E-state index is 10.2. The van der Waals surface area contributed by atoms with Gasteiger partial charge in [0, 0.05) is 20.1 Å². The first-order valence-corrected chi connectivity index (χ1v) is 7.30. The van der Waals surface area contributed by atoms with Gasteiger partial charge >= 0.3 is 0 Å². The second-order valence-corrected chi connectivity index (χ2v) is 5.24. The van der Waals surface area contributed by atoms with E-state index in [0.29, 0.717) is 6.42 Å². The molecule has 20 heavy (non-hydrogen) atoms. The molecule has 1 N–H and O–H groups in total. The second kappa shape index (κ2) is 6.86. The van der Waals surface area contributed by atoms with Crippen LogP contribution in [-0.4, -0.2) is 34.0 Å². The molecule has 0 amide bonds. The lowest BCUT2D eigenvalue weighted by Gasteiger charge is -2.14. The van der Waals surface area contributed by atoms with E-state index in [0.717, 1.165) is 36.2 Å². The average molecular weight is 276 g/mol. The lowest BCUT2D eigenvalue weighted by molar-refractivity contribution is 0.0844. The van der Waals surface area contributed by atoms with E-state index >= 15 is 0 Å². The van der Waals surface area contributed by atoms with Gasteiger partial charge in [-0.2, -0.15) is 0 Å². The number of ether oxygens (including phenoxy) is 1. The van der Waals surface area contributed by atoms with Crippen molar-refractivity contribution in [3.63, 3.8) is 0 Å². The van der Waals surface area contributed by atoms with Gasteiger partial charge in [-0.05, 0) is 38.8 Å². The minimum Gasteiger partial charge on any atom is -0.393 e. The third kappa shape index (κ3) is 3.38. The van der Waals surface area contributed by atoms with Crippen LogP contribution in [0.4, 0.5) is 0 Å². The Morgan fingerprint density at radius 1 is 1.30 bits per heavy atom. The normalized spacial score (nSPS) is 14.6. The molecule has 2 aromatic rings. The molecule has 0 fully saturated rings. The zero-order chi connectivity index (χ0) is 14.5. The molecule has 1 aromatic heterocycles. The van der Waals surface area contributed by atoms with E-state index in [1.807, 2.05) is 25.1 Å². The van der Waals surface area contributed by atoms with Gasteiger partial charge in [-0.3, -0.25) is 0 Å². The number of aliphatic hydroxyl groups excluding tert-OH is 1. The van der Waals surface area contributed by atoms with Gasteiger partial charge in [0.15, 0.2) is 0 Å². The Morgan fingerprint density at radius 3 is 2.75 bits per heavy atom. The van der Waals surface area contributed by atoms with Crippen LogP contribution in [-0.2, 0) is 17.7 Å². The Kier molecular flexibility index (Phi) is 5.15. The molecule has 0 bridgehead atoms. The summed E-state index contributed by atoms with van der Waals surface area (Å²) in [6, 6.07) is 8.12. The number of methoxy groups -OCH3 is 1. The van der Waals surface area contributed by atoms with E-state index in [1.165, 1.54) is 0 Å². The summed E-state index contributed by atoms with van der Waals surface area (Å²) in [6.07, 6.45) is 2.02. The van der Waals surface area contributed by atoms with Crippen LogP contribution in [0.1, 0.15) is 32.5 Å². The lowest BCUT2D eigenvalue weighted by Crippen LogP contribution is -2.17. The first-order valence-electron chi connectivity index (χ1n) is 7.30. The molecule has 4 nitrogen and oxygen atoms in total. The Bertz CT molecular complexity index is 550. The number of benzene rings is 1. The quantitative estimate of drug-likeness (QED) is 0.846. The molecular formula is C16H24N2O2. The summed E-state index contributed by atoms with van der Waals surface area (Å²) in [4.78, 5) is 4.64. The highest BCUT2D eigenvalue weighted by Gasteiger charge is 2.14. The Hall–Kier alpha value is -1.39. The number of imidazole rings is 1. The summed E-state index contributed by atoms with van der Waals surface area (Å²) in [6.45, 7) is 5.00. The fraction of sp³-hybridized carbons (Fsp3) is 0.562. The third-order valence-corrected chi connectivity index (χ3v) is 3.78. The molecule has 110 valence electrons. The molecule has 4 heteroatoms. The highest BCUT2D eigenvalue weighted by atomic mass is 16.5. The van der Waals surface area contributed by atoms with Gasteiger partial charge in [0.25, 0.3) is 0 Å². The SMILES string of the molecule is CCn1c(CC(O)CCC(C)OC)nc2ccccc21. The largest absolute Gasteiger partial charge is 0.393 e. The standard InChI is InChI=1S/C16H24N2O2/c1-4-18-15-8-6-5-7-14(15)17-16(18)11-13(19)10-9-12(2)20-3/h5-8,12-13,19H,4,9-11H2,1-3H3. The minimum atomic E-state index is -0.366. The predicted molar refractivity (Wildman–Crippen MR) is 80.8 cm³/mol. The summed E-state index contributed by atoms with van der Waals surface area (Å²) >= 11 is 0. The predicted octanol–water partition coefficient (Wildman–Crippen LogP) is 2.77. The fourth-order valence-electron chi connectivity index (χ4n) is 2.49. The fourth-order valence-corrected chi connectivity index (χ4v) is 2.49. The molecule has 0 spiro atoms. The molecule has 0 aliphatic carbocycles. The molecule has 2 unspecified atom stereocenters. The molecule has 0 saturated heterocycles. The Labute approximate surface area is 120 Å². The molecule has 1 aromatic carbocycles. The van der Waals surface area contributed by atoms with Gasteiger partial charge in [-0.25, -0.2) is 4.98 Å². The van der Waals surface area contributed by atoms with Gasteiger partial charge in [-0.1, -0.05) is 12.1 Å². The van der Waals surface area contributed by atoms with Crippen LogP contribution >= 0.6 is 0 Å². The Morgan fingerprint density at radius 2 is 2.05 bits per heavy atom.